The maximum Gasteiger partial charge on any atom is 0.205 e. The zero-order valence-corrected chi connectivity index (χ0v) is 19.3. The van der Waals surface area contributed by atoms with Crippen molar-refractivity contribution in [3.8, 4) is 17.0 Å². The Morgan fingerprint density at radius 3 is 2.53 bits per heavy atom. The van der Waals surface area contributed by atoms with Gasteiger partial charge < -0.3 is 10.4 Å². The van der Waals surface area contributed by atoms with Crippen LogP contribution in [-0.2, 0) is 0 Å². The summed E-state index contributed by atoms with van der Waals surface area (Å²) < 4.78 is 0. The molecule has 2 heterocycles. The van der Waals surface area contributed by atoms with Gasteiger partial charge in [-0.15, -0.1) is 11.3 Å². The molecule has 4 aromatic rings. The Labute approximate surface area is 198 Å². The van der Waals surface area contributed by atoms with Crippen LogP contribution in [0, 0.1) is 6.92 Å². The second kappa shape index (κ2) is 8.47. The van der Waals surface area contributed by atoms with Crippen molar-refractivity contribution in [3.63, 3.8) is 0 Å². The number of thiazole rings is 1. The zero-order valence-electron chi connectivity index (χ0n) is 16.9. The molecule has 1 aliphatic rings. The van der Waals surface area contributed by atoms with Gasteiger partial charge in [0.25, 0.3) is 0 Å². The van der Waals surface area contributed by atoms with Gasteiger partial charge in [-0.25, -0.2) is 4.98 Å². The van der Waals surface area contributed by atoms with E-state index in [1.54, 1.807) is 41.7 Å². The van der Waals surface area contributed by atoms with Crippen LogP contribution in [-0.4, -0.2) is 15.9 Å². The van der Waals surface area contributed by atoms with E-state index in [9.17, 15) is 9.90 Å². The number of nitrogens with zero attached hydrogens (tertiary/aromatic N) is 1. The van der Waals surface area contributed by atoms with E-state index in [4.69, 9.17) is 11.6 Å². The van der Waals surface area contributed by atoms with Gasteiger partial charge in [-0.1, -0.05) is 47.6 Å². The van der Waals surface area contributed by atoms with E-state index in [2.05, 4.69) is 10.3 Å². The van der Waals surface area contributed by atoms with E-state index in [0.29, 0.717) is 15.6 Å². The number of carbonyl (C=O) groups is 1. The number of phenols is 1. The molecule has 0 bridgehead atoms. The summed E-state index contributed by atoms with van der Waals surface area (Å²) >= 11 is 9.01. The van der Waals surface area contributed by atoms with Crippen molar-refractivity contribution in [2.75, 3.05) is 5.32 Å². The second-order valence-corrected chi connectivity index (χ2v) is 9.80. The molecular formula is C25H17ClN2O2S2. The highest BCUT2D eigenvalue weighted by Gasteiger charge is 2.27. The lowest BCUT2D eigenvalue weighted by Gasteiger charge is -2.24. The lowest BCUT2D eigenvalue weighted by Crippen LogP contribution is -2.13. The number of thioether (sulfide) groups is 1. The normalized spacial score (nSPS) is 12.9. The quantitative estimate of drug-likeness (QED) is 0.304. The van der Waals surface area contributed by atoms with Crippen molar-refractivity contribution >= 4 is 51.9 Å². The number of para-hydroxylation sites is 1. The maximum atomic E-state index is 13.7. The van der Waals surface area contributed by atoms with Crippen LogP contribution in [0.2, 0.25) is 5.02 Å². The molecule has 0 atom stereocenters. The van der Waals surface area contributed by atoms with E-state index in [0.717, 1.165) is 32.4 Å². The number of fused-ring (bicyclic) bond motifs is 1. The third-order valence-corrected chi connectivity index (χ3v) is 7.28. The number of allylic oxidation sites excluding steroid dienone is 1. The van der Waals surface area contributed by atoms with Gasteiger partial charge in [-0.2, -0.15) is 0 Å². The first-order valence-corrected chi connectivity index (χ1v) is 11.9. The van der Waals surface area contributed by atoms with Crippen molar-refractivity contribution in [3.05, 3.63) is 98.2 Å². The minimum atomic E-state index is -0.256. The third kappa shape index (κ3) is 3.93. The molecule has 2 N–H and O–H groups in total. The Morgan fingerprint density at radius 2 is 1.78 bits per heavy atom. The van der Waals surface area contributed by atoms with E-state index in [1.165, 1.54) is 11.8 Å². The van der Waals surface area contributed by atoms with Gasteiger partial charge in [0.2, 0.25) is 5.78 Å². The van der Waals surface area contributed by atoms with Crippen molar-refractivity contribution in [1.29, 1.82) is 0 Å². The molecule has 1 aromatic heterocycles. The molecule has 158 valence electrons. The van der Waals surface area contributed by atoms with Gasteiger partial charge in [-0.05, 0) is 55.0 Å². The Morgan fingerprint density at radius 1 is 1.03 bits per heavy atom. The van der Waals surface area contributed by atoms with Crippen LogP contribution in [0.5, 0.6) is 5.75 Å². The van der Waals surface area contributed by atoms with Crippen LogP contribution in [0.3, 0.4) is 0 Å². The van der Waals surface area contributed by atoms with Crippen LogP contribution in [0.1, 0.15) is 20.9 Å². The van der Waals surface area contributed by atoms with Crippen LogP contribution in [0.25, 0.3) is 17.0 Å². The average Bonchev–Trinajstić information content (AvgIpc) is 3.25. The SMILES string of the molecule is Cc1nc(-c2ccc(O)c(C(=O)C3=C(c4ccc(Cl)cc4)Nc4ccccc4S3)c2)cs1. The first kappa shape index (κ1) is 20.8. The summed E-state index contributed by atoms with van der Waals surface area (Å²) in [5, 5.41) is 17.5. The lowest BCUT2D eigenvalue weighted by atomic mass is 10.0. The molecule has 3 aromatic carbocycles. The highest BCUT2D eigenvalue weighted by Crippen LogP contribution is 2.45. The van der Waals surface area contributed by atoms with E-state index < -0.39 is 0 Å². The molecule has 0 saturated heterocycles. The van der Waals surface area contributed by atoms with Crippen molar-refractivity contribution in [2.45, 2.75) is 11.8 Å². The highest BCUT2D eigenvalue weighted by atomic mass is 35.5. The number of aryl methyl sites for hydroxylation is 1. The number of aromatic hydroxyl groups is 1. The van der Waals surface area contributed by atoms with Crippen molar-refractivity contribution in [2.24, 2.45) is 0 Å². The summed E-state index contributed by atoms with van der Waals surface area (Å²) in [6.07, 6.45) is 0. The average molecular weight is 477 g/mol. The van der Waals surface area contributed by atoms with Gasteiger partial charge in [0.15, 0.2) is 0 Å². The minimum absolute atomic E-state index is 0.0619. The van der Waals surface area contributed by atoms with Gasteiger partial charge >= 0.3 is 0 Å². The topological polar surface area (TPSA) is 62.2 Å². The number of hydrogen-bond donors (Lipinski definition) is 2. The van der Waals surface area contributed by atoms with Crippen LogP contribution in [0.15, 0.2) is 81.9 Å². The number of hydrogen-bond acceptors (Lipinski definition) is 6. The number of anilines is 1. The first-order valence-electron chi connectivity index (χ1n) is 9.84. The molecule has 4 nitrogen and oxygen atoms in total. The van der Waals surface area contributed by atoms with Crippen molar-refractivity contribution < 1.29 is 9.90 Å². The summed E-state index contributed by atoms with van der Waals surface area (Å²) in [4.78, 5) is 19.7. The van der Waals surface area contributed by atoms with E-state index in [1.807, 2.05) is 48.7 Å². The van der Waals surface area contributed by atoms with E-state index in [-0.39, 0.29) is 17.1 Å². The second-order valence-electron chi connectivity index (χ2n) is 7.25. The zero-order chi connectivity index (χ0) is 22.2. The molecule has 0 spiro atoms. The standard InChI is InChI=1S/C25H17ClN2O2S2/c1-14-27-20(13-31-14)16-8-11-21(29)18(12-16)24(30)25-23(15-6-9-17(26)10-7-15)28-19-4-2-3-5-22(19)32-25/h2-13,28-29H,1H3. The molecule has 0 unspecified atom stereocenters. The monoisotopic (exact) mass is 476 g/mol. The molecule has 5 rings (SSSR count). The minimum Gasteiger partial charge on any atom is -0.507 e. The molecule has 0 radical (unpaired) electrons. The Kier molecular flexibility index (Phi) is 5.51. The molecule has 32 heavy (non-hydrogen) atoms. The highest BCUT2D eigenvalue weighted by molar-refractivity contribution is 8.04. The van der Waals surface area contributed by atoms with Gasteiger partial charge in [0, 0.05) is 20.9 Å². The smallest absolute Gasteiger partial charge is 0.205 e. The fourth-order valence-corrected chi connectivity index (χ4v) is 5.30. The number of phenolic OH excluding ortho intramolecular Hbond substituents is 1. The lowest BCUT2D eigenvalue weighted by molar-refractivity contribution is 0.104. The Bertz CT molecular complexity index is 1380. The molecule has 1 aliphatic heterocycles. The number of aromatic nitrogens is 1. The predicted molar refractivity (Wildman–Crippen MR) is 133 cm³/mol. The molecule has 7 heteroatoms. The van der Waals surface area contributed by atoms with Crippen LogP contribution < -0.4 is 5.32 Å². The number of carbonyl (C=O) groups excluding carboxylic acids is 1. The fourth-order valence-electron chi connectivity index (χ4n) is 3.49. The maximum absolute atomic E-state index is 13.7. The summed E-state index contributed by atoms with van der Waals surface area (Å²) in [6.45, 7) is 1.94. The van der Waals surface area contributed by atoms with Gasteiger partial charge in [-0.3, -0.25) is 4.79 Å². The molecule has 0 aliphatic carbocycles. The number of halogens is 1. The summed E-state index contributed by atoms with van der Waals surface area (Å²) in [5.41, 5.74) is 4.26. The van der Waals surface area contributed by atoms with E-state index >= 15 is 0 Å². The number of Topliss-reactive ketones (excluding diaryl/α,β-unsaturated/α-hetero) is 1. The first-order chi connectivity index (χ1) is 15.5. The molecule has 0 fully saturated rings. The number of ketones is 1. The van der Waals surface area contributed by atoms with Gasteiger partial charge in [0.05, 0.1) is 32.6 Å². The summed E-state index contributed by atoms with van der Waals surface area (Å²) in [5.74, 6) is -0.318. The number of rotatable bonds is 4. The molecular weight excluding hydrogens is 460 g/mol. The number of nitrogens with one attached hydrogen (secondary N) is 1. The van der Waals surface area contributed by atoms with Crippen LogP contribution >= 0.6 is 34.7 Å². The molecule has 0 amide bonds. The van der Waals surface area contributed by atoms with Crippen molar-refractivity contribution in [1.82, 2.24) is 4.98 Å². The Hall–Kier alpha value is -3.06. The van der Waals surface area contributed by atoms with Gasteiger partial charge in [0.1, 0.15) is 5.75 Å². The predicted octanol–water partition coefficient (Wildman–Crippen LogP) is 7.25. The summed E-state index contributed by atoms with van der Waals surface area (Å²) in [7, 11) is 0. The van der Waals surface area contributed by atoms with Crippen LogP contribution in [0.4, 0.5) is 5.69 Å². The summed E-state index contributed by atoms with van der Waals surface area (Å²) in [6, 6.07) is 20.2. The number of benzene rings is 3. The fraction of sp³-hybridized carbons (Fsp3) is 0.0400. The molecule has 0 saturated carbocycles. The third-order valence-electron chi connectivity index (χ3n) is 5.08. The largest absolute Gasteiger partial charge is 0.507 e. The Balaban J connectivity index is 1.63.